The number of carbonyl (C=O) groups excluding carboxylic acids is 2. The van der Waals surface area contributed by atoms with E-state index in [1.54, 1.807) is 10.5 Å². The molecule has 2 N–H and O–H groups in total. The maximum atomic E-state index is 14.0. The molecule has 0 aliphatic carbocycles. The zero-order valence-corrected chi connectivity index (χ0v) is 21.6. The highest BCUT2D eigenvalue weighted by molar-refractivity contribution is 7.07. The maximum absolute atomic E-state index is 14.0. The van der Waals surface area contributed by atoms with Gasteiger partial charge in [0.15, 0.2) is 11.4 Å². The lowest BCUT2D eigenvalue weighted by molar-refractivity contribution is 0.0566. The summed E-state index contributed by atoms with van der Waals surface area (Å²) < 4.78 is 34.0. The van der Waals surface area contributed by atoms with Crippen LogP contribution in [0.15, 0.2) is 40.1 Å². The fourth-order valence-electron chi connectivity index (χ4n) is 3.96. The maximum Gasteiger partial charge on any atom is 0.277 e. The molecule has 0 bridgehead atoms. The Labute approximate surface area is 221 Å². The van der Waals surface area contributed by atoms with Crippen LogP contribution < -0.4 is 15.8 Å². The number of carbonyl (C=O) groups is 2. The number of rotatable bonds is 10. The lowest BCUT2D eigenvalue weighted by Crippen LogP contribution is -2.54. The zero-order valence-electron chi connectivity index (χ0n) is 20.8. The summed E-state index contributed by atoms with van der Waals surface area (Å²) in [4.78, 5) is 44.9. The SMILES string of the molecule is CC(C)OCCCN1CN(Cc2cscn2)n2cc(C(=O)NCc3ccc(F)cc3F)c(=O)c(O)c2C1=O. The molecule has 38 heavy (non-hydrogen) atoms. The molecular weight excluding hydrogens is 520 g/mol. The van der Waals surface area contributed by atoms with Crippen LogP contribution >= 0.6 is 11.3 Å². The van der Waals surface area contributed by atoms with Gasteiger partial charge in [-0.15, -0.1) is 11.3 Å². The van der Waals surface area contributed by atoms with Crippen molar-refractivity contribution in [3.05, 3.63) is 79.7 Å². The van der Waals surface area contributed by atoms with E-state index in [0.29, 0.717) is 31.3 Å². The van der Waals surface area contributed by atoms with Crippen LogP contribution in [0.4, 0.5) is 8.78 Å². The van der Waals surface area contributed by atoms with Crippen LogP contribution in [0.1, 0.15) is 52.4 Å². The molecule has 1 aliphatic rings. The Morgan fingerprint density at radius 1 is 1.29 bits per heavy atom. The summed E-state index contributed by atoms with van der Waals surface area (Å²) >= 11 is 1.39. The Hall–Kier alpha value is -3.84. The molecule has 1 aromatic carbocycles. The van der Waals surface area contributed by atoms with E-state index in [-0.39, 0.29) is 37.1 Å². The van der Waals surface area contributed by atoms with Crippen molar-refractivity contribution in [3.63, 3.8) is 0 Å². The second kappa shape index (κ2) is 11.7. The number of ether oxygens (including phenoxy) is 1. The molecule has 3 heterocycles. The van der Waals surface area contributed by atoms with Crippen LogP contribution in [0, 0.1) is 11.6 Å². The monoisotopic (exact) mass is 547 g/mol. The number of thiazole rings is 1. The molecular formula is C25H27F2N5O5S. The van der Waals surface area contributed by atoms with Gasteiger partial charge >= 0.3 is 0 Å². The molecule has 0 fully saturated rings. The number of nitrogens with one attached hydrogen (secondary N) is 1. The molecule has 0 spiro atoms. The lowest BCUT2D eigenvalue weighted by atomic mass is 10.1. The number of benzene rings is 1. The van der Waals surface area contributed by atoms with Gasteiger partial charge < -0.3 is 20.1 Å². The average Bonchev–Trinajstić information content (AvgIpc) is 3.38. The van der Waals surface area contributed by atoms with Crippen LogP contribution in [0.3, 0.4) is 0 Å². The summed E-state index contributed by atoms with van der Waals surface area (Å²) in [5.74, 6) is -3.95. The first kappa shape index (κ1) is 27.2. The average molecular weight is 548 g/mol. The Balaban J connectivity index is 1.62. The summed E-state index contributed by atoms with van der Waals surface area (Å²) in [5.41, 5.74) is 0.600. The van der Waals surface area contributed by atoms with E-state index in [2.05, 4.69) is 10.3 Å². The topological polar surface area (TPSA) is 117 Å². The van der Waals surface area contributed by atoms with Gasteiger partial charge in [0, 0.05) is 42.9 Å². The molecule has 0 radical (unpaired) electrons. The lowest BCUT2D eigenvalue weighted by Gasteiger charge is -2.39. The van der Waals surface area contributed by atoms with Gasteiger partial charge in [-0.2, -0.15) is 0 Å². The standard InChI is InChI=1S/C25H27F2N5O5S/c1-15(2)37-7-3-6-30-14-31(10-18-12-38-13-29-18)32-11-19(22(33)23(34)21(32)25(30)36)24(35)28-9-16-4-5-17(26)8-20(16)27/h4-5,8,11-13,15,34H,3,6-7,9-10,14H2,1-2H3,(H,28,35). The highest BCUT2D eigenvalue weighted by Crippen LogP contribution is 2.23. The van der Waals surface area contributed by atoms with E-state index in [0.717, 1.165) is 6.07 Å². The highest BCUT2D eigenvalue weighted by Gasteiger charge is 2.34. The Morgan fingerprint density at radius 3 is 2.76 bits per heavy atom. The van der Waals surface area contributed by atoms with E-state index in [1.807, 2.05) is 19.2 Å². The Kier molecular flexibility index (Phi) is 8.37. The van der Waals surface area contributed by atoms with Crippen LogP contribution in [0.25, 0.3) is 0 Å². The fraction of sp³-hybridized carbons (Fsp3) is 0.360. The minimum atomic E-state index is -1.04. The number of hydrogen-bond donors (Lipinski definition) is 2. The fourth-order valence-corrected chi connectivity index (χ4v) is 4.51. The Bertz CT molecular complexity index is 1380. The predicted molar refractivity (Wildman–Crippen MR) is 136 cm³/mol. The van der Waals surface area contributed by atoms with E-state index >= 15 is 0 Å². The van der Waals surface area contributed by atoms with Crippen molar-refractivity contribution in [2.45, 2.75) is 39.5 Å². The molecule has 2 amide bonds. The third kappa shape index (κ3) is 6.00. The molecule has 1 aliphatic heterocycles. The summed E-state index contributed by atoms with van der Waals surface area (Å²) in [6, 6.07) is 2.91. The van der Waals surface area contributed by atoms with E-state index < -0.39 is 40.2 Å². The van der Waals surface area contributed by atoms with Crippen molar-refractivity contribution >= 4 is 23.2 Å². The van der Waals surface area contributed by atoms with Crippen molar-refractivity contribution in [1.29, 1.82) is 0 Å². The summed E-state index contributed by atoms with van der Waals surface area (Å²) in [6.45, 7) is 4.58. The highest BCUT2D eigenvalue weighted by atomic mass is 32.1. The molecule has 2 aromatic heterocycles. The van der Waals surface area contributed by atoms with E-state index in [4.69, 9.17) is 4.74 Å². The van der Waals surface area contributed by atoms with Gasteiger partial charge in [0.2, 0.25) is 5.43 Å². The number of aromatic nitrogens is 2. The first-order valence-corrected chi connectivity index (χ1v) is 12.8. The van der Waals surface area contributed by atoms with Gasteiger partial charge in [0.05, 0.1) is 23.9 Å². The number of fused-ring (bicyclic) bond motifs is 1. The minimum Gasteiger partial charge on any atom is -0.502 e. The summed E-state index contributed by atoms with van der Waals surface area (Å²) in [5, 5.41) is 16.7. The smallest absolute Gasteiger partial charge is 0.277 e. The second-order valence-electron chi connectivity index (χ2n) is 8.96. The van der Waals surface area contributed by atoms with Crippen LogP contribution in [0.2, 0.25) is 0 Å². The van der Waals surface area contributed by atoms with Gasteiger partial charge in [0.25, 0.3) is 11.8 Å². The van der Waals surface area contributed by atoms with Crippen LogP contribution in [-0.4, -0.2) is 57.4 Å². The number of nitrogens with zero attached hydrogens (tertiary/aromatic N) is 4. The quantitative estimate of drug-likeness (QED) is 0.375. The molecule has 202 valence electrons. The number of aromatic hydroxyl groups is 1. The summed E-state index contributed by atoms with van der Waals surface area (Å²) in [6.07, 6.45) is 1.76. The molecule has 0 saturated heterocycles. The molecule has 0 unspecified atom stereocenters. The van der Waals surface area contributed by atoms with Crippen molar-refractivity contribution in [1.82, 2.24) is 19.9 Å². The first-order chi connectivity index (χ1) is 18.2. The minimum absolute atomic E-state index is 0.0134. The molecule has 0 atom stereocenters. The number of pyridine rings is 1. The normalized spacial score (nSPS) is 13.2. The number of hydrogen-bond acceptors (Lipinski definition) is 8. The van der Waals surface area contributed by atoms with Gasteiger partial charge in [-0.05, 0) is 26.3 Å². The molecule has 4 rings (SSSR count). The summed E-state index contributed by atoms with van der Waals surface area (Å²) in [7, 11) is 0. The third-order valence-corrected chi connectivity index (χ3v) is 6.48. The molecule has 10 nitrogen and oxygen atoms in total. The van der Waals surface area contributed by atoms with Gasteiger partial charge in [-0.1, -0.05) is 6.07 Å². The van der Waals surface area contributed by atoms with Crippen molar-refractivity contribution < 1.29 is 28.2 Å². The first-order valence-electron chi connectivity index (χ1n) is 11.9. The third-order valence-electron chi connectivity index (χ3n) is 5.84. The Morgan fingerprint density at radius 2 is 2.08 bits per heavy atom. The molecule has 3 aromatic rings. The van der Waals surface area contributed by atoms with E-state index in [1.165, 1.54) is 33.2 Å². The predicted octanol–water partition coefficient (Wildman–Crippen LogP) is 2.59. The van der Waals surface area contributed by atoms with Gasteiger partial charge in [-0.3, -0.25) is 24.1 Å². The van der Waals surface area contributed by atoms with Gasteiger partial charge in [0.1, 0.15) is 23.9 Å². The second-order valence-corrected chi connectivity index (χ2v) is 9.68. The van der Waals surface area contributed by atoms with E-state index in [9.17, 15) is 28.3 Å². The van der Waals surface area contributed by atoms with Crippen molar-refractivity contribution in [3.8, 4) is 5.75 Å². The van der Waals surface area contributed by atoms with Gasteiger partial charge in [-0.25, -0.2) is 13.8 Å². The van der Waals surface area contributed by atoms with Crippen LogP contribution in [-0.2, 0) is 17.8 Å². The zero-order chi connectivity index (χ0) is 27.4. The van der Waals surface area contributed by atoms with Crippen molar-refractivity contribution in [2.75, 3.05) is 24.8 Å². The van der Waals surface area contributed by atoms with Crippen molar-refractivity contribution in [2.24, 2.45) is 0 Å². The number of halogens is 2. The number of amides is 2. The molecule has 13 heteroatoms. The largest absolute Gasteiger partial charge is 0.502 e. The molecule has 0 saturated carbocycles. The van der Waals surface area contributed by atoms with Crippen LogP contribution in [0.5, 0.6) is 5.75 Å².